The molecule has 1 fully saturated rings. The number of guanidine groups is 1. The van der Waals surface area contributed by atoms with Crippen LogP contribution in [0.1, 0.15) is 0 Å². The van der Waals surface area contributed by atoms with Gasteiger partial charge in [-0.2, -0.15) is 0 Å². The van der Waals surface area contributed by atoms with Gasteiger partial charge in [0.1, 0.15) is 0 Å². The molecule has 0 aromatic heterocycles. The molecule has 1 saturated heterocycles. The van der Waals surface area contributed by atoms with E-state index in [2.05, 4.69) is 20.9 Å². The van der Waals surface area contributed by atoms with Crippen LogP contribution in [0.3, 0.4) is 0 Å². The van der Waals surface area contributed by atoms with E-state index in [0.29, 0.717) is 6.04 Å². The van der Waals surface area contributed by atoms with Crippen LogP contribution in [0.5, 0.6) is 0 Å². The van der Waals surface area contributed by atoms with Crippen LogP contribution < -0.4 is 16.0 Å². The Labute approximate surface area is 60.1 Å². The minimum absolute atomic E-state index is 0.601. The molecule has 0 aliphatic carbocycles. The molecule has 0 bridgehead atoms. The van der Waals surface area contributed by atoms with E-state index in [9.17, 15) is 0 Å². The molecule has 10 heavy (non-hydrogen) atoms. The lowest BCUT2D eigenvalue weighted by molar-refractivity contribution is 0.409. The third-order valence-corrected chi connectivity index (χ3v) is 1.80. The summed E-state index contributed by atoms with van der Waals surface area (Å²) in [4.78, 5) is 4.22. The van der Waals surface area contributed by atoms with E-state index in [0.717, 1.165) is 32.1 Å². The Hall–Kier alpha value is -0.770. The van der Waals surface area contributed by atoms with Gasteiger partial charge in [0, 0.05) is 19.6 Å². The molecule has 2 aliphatic rings. The van der Waals surface area contributed by atoms with Crippen LogP contribution >= 0.6 is 0 Å². The zero-order valence-electron chi connectivity index (χ0n) is 5.85. The molecule has 0 aromatic carbocycles. The molecule has 0 amide bonds. The first-order chi connectivity index (χ1) is 4.95. The lowest BCUT2D eigenvalue weighted by Gasteiger charge is -2.28. The van der Waals surface area contributed by atoms with Crippen LogP contribution in [0.2, 0.25) is 0 Å². The van der Waals surface area contributed by atoms with Crippen molar-refractivity contribution in [3.8, 4) is 0 Å². The Morgan fingerprint density at radius 1 is 1.50 bits per heavy atom. The predicted octanol–water partition coefficient (Wildman–Crippen LogP) is -1.49. The first-order valence-corrected chi connectivity index (χ1v) is 3.71. The summed E-state index contributed by atoms with van der Waals surface area (Å²) in [5.74, 6) is 0.978. The molecular formula is C6H12N4. The Kier molecular flexibility index (Phi) is 1.47. The van der Waals surface area contributed by atoms with Gasteiger partial charge in [-0.1, -0.05) is 0 Å². The zero-order valence-corrected chi connectivity index (χ0v) is 5.85. The number of rotatable bonds is 1. The van der Waals surface area contributed by atoms with Gasteiger partial charge in [-0.25, -0.2) is 0 Å². The average molecular weight is 140 g/mol. The van der Waals surface area contributed by atoms with E-state index in [1.807, 2.05) is 0 Å². The van der Waals surface area contributed by atoms with Crippen molar-refractivity contribution in [1.82, 2.24) is 16.0 Å². The Balaban J connectivity index is 1.77. The highest BCUT2D eigenvalue weighted by molar-refractivity contribution is 5.81. The Morgan fingerprint density at radius 3 is 2.90 bits per heavy atom. The fourth-order valence-corrected chi connectivity index (χ4v) is 1.08. The fourth-order valence-electron chi connectivity index (χ4n) is 1.08. The standard InChI is InChI=1S/C6H12N4/c1-2-9-6(8-1)10-5-3-7-4-5/h5,7H,1-4H2,(H2,8,9,10). The van der Waals surface area contributed by atoms with Crippen molar-refractivity contribution < 1.29 is 0 Å². The maximum absolute atomic E-state index is 4.22. The highest BCUT2D eigenvalue weighted by Gasteiger charge is 2.18. The molecule has 4 heteroatoms. The summed E-state index contributed by atoms with van der Waals surface area (Å²) in [5, 5.41) is 9.65. The van der Waals surface area contributed by atoms with Crippen molar-refractivity contribution in [2.45, 2.75) is 6.04 Å². The summed E-state index contributed by atoms with van der Waals surface area (Å²) >= 11 is 0. The van der Waals surface area contributed by atoms with Crippen molar-refractivity contribution in [2.75, 3.05) is 26.2 Å². The molecule has 0 radical (unpaired) electrons. The molecule has 0 spiro atoms. The van der Waals surface area contributed by atoms with Gasteiger partial charge in [0.05, 0.1) is 12.6 Å². The first kappa shape index (κ1) is 5.97. The van der Waals surface area contributed by atoms with Gasteiger partial charge in [-0.15, -0.1) is 0 Å². The van der Waals surface area contributed by atoms with Crippen LogP contribution in [0.15, 0.2) is 4.99 Å². The van der Waals surface area contributed by atoms with Crippen LogP contribution in [-0.4, -0.2) is 38.2 Å². The highest BCUT2D eigenvalue weighted by atomic mass is 15.3. The SMILES string of the molecule is C1CNC(NC2CNC2)=N1. The topological polar surface area (TPSA) is 48.4 Å². The van der Waals surface area contributed by atoms with Crippen molar-refractivity contribution in [2.24, 2.45) is 4.99 Å². The monoisotopic (exact) mass is 140 g/mol. The van der Waals surface area contributed by atoms with E-state index >= 15 is 0 Å². The quantitative estimate of drug-likeness (QED) is 0.416. The second-order valence-corrected chi connectivity index (χ2v) is 2.66. The maximum Gasteiger partial charge on any atom is 0.191 e. The first-order valence-electron chi connectivity index (χ1n) is 3.71. The van der Waals surface area contributed by atoms with Gasteiger partial charge < -0.3 is 16.0 Å². The fraction of sp³-hybridized carbons (Fsp3) is 0.833. The summed E-state index contributed by atoms with van der Waals surface area (Å²) in [7, 11) is 0. The third kappa shape index (κ3) is 1.07. The van der Waals surface area contributed by atoms with E-state index < -0.39 is 0 Å². The molecule has 0 aromatic rings. The summed E-state index contributed by atoms with van der Waals surface area (Å²) in [6, 6.07) is 0.601. The molecule has 2 rings (SSSR count). The number of hydrogen-bond acceptors (Lipinski definition) is 4. The van der Waals surface area contributed by atoms with E-state index in [-0.39, 0.29) is 0 Å². The minimum Gasteiger partial charge on any atom is -0.355 e. The summed E-state index contributed by atoms with van der Waals surface area (Å²) in [6.07, 6.45) is 0. The molecule has 0 atom stereocenters. The second kappa shape index (κ2) is 2.46. The van der Waals surface area contributed by atoms with E-state index in [1.165, 1.54) is 0 Å². The van der Waals surface area contributed by atoms with Gasteiger partial charge >= 0.3 is 0 Å². The molecule has 2 aliphatic heterocycles. The van der Waals surface area contributed by atoms with Crippen LogP contribution in [0, 0.1) is 0 Å². The molecular weight excluding hydrogens is 128 g/mol. The average Bonchev–Trinajstić information content (AvgIpc) is 2.29. The summed E-state index contributed by atoms with van der Waals surface area (Å²) in [5.41, 5.74) is 0. The highest BCUT2D eigenvalue weighted by Crippen LogP contribution is 1.91. The van der Waals surface area contributed by atoms with E-state index in [1.54, 1.807) is 0 Å². The lowest BCUT2D eigenvalue weighted by Crippen LogP contribution is -2.58. The molecule has 0 saturated carbocycles. The molecule has 3 N–H and O–H groups in total. The zero-order chi connectivity index (χ0) is 6.81. The van der Waals surface area contributed by atoms with Crippen LogP contribution in [-0.2, 0) is 0 Å². The van der Waals surface area contributed by atoms with Crippen molar-refractivity contribution in [3.63, 3.8) is 0 Å². The predicted molar refractivity (Wildman–Crippen MR) is 40.1 cm³/mol. The smallest absolute Gasteiger partial charge is 0.191 e. The number of nitrogens with one attached hydrogen (secondary N) is 3. The Morgan fingerprint density at radius 2 is 2.40 bits per heavy atom. The molecule has 56 valence electrons. The molecule has 4 nitrogen and oxygen atoms in total. The van der Waals surface area contributed by atoms with Crippen molar-refractivity contribution in [3.05, 3.63) is 0 Å². The number of aliphatic imine (C=N–C) groups is 1. The van der Waals surface area contributed by atoms with Crippen LogP contribution in [0.25, 0.3) is 0 Å². The normalized spacial score (nSPS) is 25.0. The van der Waals surface area contributed by atoms with Gasteiger partial charge in [0.2, 0.25) is 0 Å². The minimum atomic E-state index is 0.601. The van der Waals surface area contributed by atoms with Gasteiger partial charge in [-0.05, 0) is 0 Å². The van der Waals surface area contributed by atoms with Crippen LogP contribution in [0.4, 0.5) is 0 Å². The van der Waals surface area contributed by atoms with E-state index in [4.69, 9.17) is 0 Å². The third-order valence-electron chi connectivity index (χ3n) is 1.80. The second-order valence-electron chi connectivity index (χ2n) is 2.66. The van der Waals surface area contributed by atoms with Crippen molar-refractivity contribution >= 4 is 5.96 Å². The van der Waals surface area contributed by atoms with Crippen molar-refractivity contribution in [1.29, 1.82) is 0 Å². The Bertz CT molecular complexity index is 150. The van der Waals surface area contributed by atoms with Gasteiger partial charge in [-0.3, -0.25) is 4.99 Å². The summed E-state index contributed by atoms with van der Waals surface area (Å²) in [6.45, 7) is 4.05. The maximum atomic E-state index is 4.22. The van der Waals surface area contributed by atoms with Gasteiger partial charge in [0.15, 0.2) is 5.96 Å². The summed E-state index contributed by atoms with van der Waals surface area (Å²) < 4.78 is 0. The van der Waals surface area contributed by atoms with Gasteiger partial charge in [0.25, 0.3) is 0 Å². The lowest BCUT2D eigenvalue weighted by atomic mass is 10.2. The molecule has 2 heterocycles. The molecule has 0 unspecified atom stereocenters. The number of nitrogens with zero attached hydrogens (tertiary/aromatic N) is 1. The number of hydrogen-bond donors (Lipinski definition) is 3. The largest absolute Gasteiger partial charge is 0.355 e.